The van der Waals surface area contributed by atoms with Crippen molar-refractivity contribution in [2.45, 2.75) is 83.7 Å². The third-order valence-corrected chi connectivity index (χ3v) is 7.42. The number of benzene rings is 1. The first-order chi connectivity index (χ1) is 14.8. The summed E-state index contributed by atoms with van der Waals surface area (Å²) in [6.45, 7) is 3.14. The summed E-state index contributed by atoms with van der Waals surface area (Å²) < 4.78 is 71.0. The van der Waals surface area contributed by atoms with Crippen LogP contribution in [0.1, 0.15) is 82.3 Å². The van der Waals surface area contributed by atoms with Gasteiger partial charge in [-0.3, -0.25) is 0 Å². The molecule has 0 saturated heterocycles. The standard InChI is InChI=1S/C25H35F5O/c1-2-3-17-4-8-20(9-5-17)21-10-6-18(7-11-21)16-31-13-12-19-14-22(26)24(23(27)15-19)25(28,29)30/h14-15,17-18,20-21H,2-13,16H2,1H3. The molecule has 0 bridgehead atoms. The number of rotatable bonds is 8. The van der Waals surface area contributed by atoms with E-state index in [0.29, 0.717) is 12.5 Å². The van der Waals surface area contributed by atoms with Crippen LogP contribution in [-0.2, 0) is 17.3 Å². The summed E-state index contributed by atoms with van der Waals surface area (Å²) >= 11 is 0. The van der Waals surface area contributed by atoms with E-state index in [9.17, 15) is 22.0 Å². The minimum Gasteiger partial charge on any atom is -0.381 e. The maximum Gasteiger partial charge on any atom is 0.422 e. The Hall–Kier alpha value is -1.17. The molecule has 2 aliphatic carbocycles. The van der Waals surface area contributed by atoms with E-state index in [0.717, 1.165) is 42.7 Å². The predicted molar refractivity (Wildman–Crippen MR) is 112 cm³/mol. The fourth-order valence-corrected chi connectivity index (χ4v) is 5.66. The highest BCUT2D eigenvalue weighted by molar-refractivity contribution is 5.28. The normalized spacial score (nSPS) is 27.4. The molecule has 1 aromatic carbocycles. The molecule has 1 aromatic rings. The number of halogens is 5. The van der Waals surface area contributed by atoms with Crippen molar-refractivity contribution in [1.29, 1.82) is 0 Å². The maximum atomic E-state index is 13.7. The van der Waals surface area contributed by atoms with Gasteiger partial charge in [-0.25, -0.2) is 8.78 Å². The van der Waals surface area contributed by atoms with Gasteiger partial charge >= 0.3 is 6.18 Å². The minimum absolute atomic E-state index is 0.186. The molecule has 2 aliphatic rings. The van der Waals surface area contributed by atoms with E-state index in [4.69, 9.17) is 4.74 Å². The molecule has 0 amide bonds. The molecule has 176 valence electrons. The largest absolute Gasteiger partial charge is 0.422 e. The first-order valence-corrected chi connectivity index (χ1v) is 11.9. The van der Waals surface area contributed by atoms with Gasteiger partial charge < -0.3 is 4.74 Å². The lowest BCUT2D eigenvalue weighted by Crippen LogP contribution is -2.27. The number of ether oxygens (including phenoxy) is 1. The lowest BCUT2D eigenvalue weighted by Gasteiger charge is -2.37. The predicted octanol–water partition coefficient (Wildman–Crippen LogP) is 7.96. The summed E-state index contributed by atoms with van der Waals surface area (Å²) in [7, 11) is 0. The molecule has 3 rings (SSSR count). The number of alkyl halides is 3. The quantitative estimate of drug-likeness (QED) is 0.291. The number of hydrogen-bond acceptors (Lipinski definition) is 1. The Balaban J connectivity index is 1.35. The molecule has 0 aliphatic heterocycles. The van der Waals surface area contributed by atoms with E-state index in [1.165, 1.54) is 51.4 Å². The summed E-state index contributed by atoms with van der Waals surface area (Å²) in [6.07, 6.45) is 8.23. The fourth-order valence-electron chi connectivity index (χ4n) is 5.66. The van der Waals surface area contributed by atoms with Crippen molar-refractivity contribution in [3.63, 3.8) is 0 Å². The molecule has 31 heavy (non-hydrogen) atoms. The Labute approximate surface area is 182 Å². The second-order valence-corrected chi connectivity index (χ2v) is 9.61. The lowest BCUT2D eigenvalue weighted by molar-refractivity contribution is -0.142. The lowest BCUT2D eigenvalue weighted by atomic mass is 9.69. The Kier molecular flexibility index (Phi) is 8.77. The second-order valence-electron chi connectivity index (χ2n) is 9.61. The second kappa shape index (κ2) is 11.1. The average molecular weight is 447 g/mol. The van der Waals surface area contributed by atoms with Crippen LogP contribution >= 0.6 is 0 Å². The Morgan fingerprint density at radius 3 is 1.84 bits per heavy atom. The van der Waals surface area contributed by atoms with Crippen LogP contribution in [0.4, 0.5) is 22.0 Å². The van der Waals surface area contributed by atoms with Crippen molar-refractivity contribution in [1.82, 2.24) is 0 Å². The zero-order valence-electron chi connectivity index (χ0n) is 18.5. The van der Waals surface area contributed by atoms with Crippen molar-refractivity contribution >= 4 is 0 Å². The van der Waals surface area contributed by atoms with Crippen molar-refractivity contribution in [2.75, 3.05) is 13.2 Å². The van der Waals surface area contributed by atoms with Gasteiger partial charge in [0.05, 0.1) is 6.61 Å². The zero-order chi connectivity index (χ0) is 22.4. The van der Waals surface area contributed by atoms with Crippen molar-refractivity contribution in [3.05, 3.63) is 34.9 Å². The van der Waals surface area contributed by atoms with Gasteiger partial charge in [-0.15, -0.1) is 0 Å². The zero-order valence-corrected chi connectivity index (χ0v) is 18.5. The molecule has 2 fully saturated rings. The summed E-state index contributed by atoms with van der Waals surface area (Å²) in [5.41, 5.74) is -1.64. The maximum absolute atomic E-state index is 13.7. The van der Waals surface area contributed by atoms with Gasteiger partial charge in [-0.05, 0) is 86.3 Å². The van der Waals surface area contributed by atoms with E-state index < -0.39 is 23.4 Å². The van der Waals surface area contributed by atoms with Crippen LogP contribution in [0.5, 0.6) is 0 Å². The fraction of sp³-hybridized carbons (Fsp3) is 0.760. The third kappa shape index (κ3) is 6.90. The topological polar surface area (TPSA) is 9.23 Å². The van der Waals surface area contributed by atoms with E-state index in [-0.39, 0.29) is 18.6 Å². The van der Waals surface area contributed by atoms with E-state index in [1.54, 1.807) is 0 Å². The van der Waals surface area contributed by atoms with E-state index >= 15 is 0 Å². The van der Waals surface area contributed by atoms with Gasteiger partial charge in [-0.2, -0.15) is 13.2 Å². The third-order valence-electron chi connectivity index (χ3n) is 7.42. The molecule has 0 aromatic heterocycles. The van der Waals surface area contributed by atoms with Crippen LogP contribution in [-0.4, -0.2) is 13.2 Å². The molecule has 0 N–H and O–H groups in total. The molecular weight excluding hydrogens is 411 g/mol. The van der Waals surface area contributed by atoms with Crippen LogP contribution in [0.25, 0.3) is 0 Å². The van der Waals surface area contributed by atoms with Crippen LogP contribution < -0.4 is 0 Å². The first kappa shape index (κ1) is 24.5. The summed E-state index contributed by atoms with van der Waals surface area (Å²) in [5.74, 6) is 0.0526. The summed E-state index contributed by atoms with van der Waals surface area (Å²) in [4.78, 5) is 0. The minimum atomic E-state index is -5.03. The molecule has 0 radical (unpaired) electrons. The first-order valence-electron chi connectivity index (χ1n) is 11.9. The van der Waals surface area contributed by atoms with Crippen LogP contribution in [0.2, 0.25) is 0 Å². The molecule has 1 nitrogen and oxygen atoms in total. The van der Waals surface area contributed by atoms with Gasteiger partial charge in [0.1, 0.15) is 17.2 Å². The molecule has 2 saturated carbocycles. The average Bonchev–Trinajstić information content (AvgIpc) is 2.71. The van der Waals surface area contributed by atoms with Crippen LogP contribution in [0, 0.1) is 35.3 Å². The van der Waals surface area contributed by atoms with Gasteiger partial charge in [0.15, 0.2) is 0 Å². The Bertz CT molecular complexity index is 663. The monoisotopic (exact) mass is 446 g/mol. The highest BCUT2D eigenvalue weighted by Gasteiger charge is 2.38. The molecule has 0 spiro atoms. The summed E-state index contributed by atoms with van der Waals surface area (Å²) in [6, 6.07) is 1.52. The van der Waals surface area contributed by atoms with Crippen LogP contribution in [0.15, 0.2) is 12.1 Å². The van der Waals surface area contributed by atoms with Crippen LogP contribution in [0.3, 0.4) is 0 Å². The van der Waals surface area contributed by atoms with Crippen molar-refractivity contribution in [3.8, 4) is 0 Å². The molecular formula is C25H35F5O. The SMILES string of the molecule is CCCC1CCC(C2CCC(COCCc3cc(F)c(C(F)(F)F)c(F)c3)CC2)CC1. The Morgan fingerprint density at radius 1 is 0.839 bits per heavy atom. The molecule has 0 atom stereocenters. The smallest absolute Gasteiger partial charge is 0.381 e. The molecule has 0 heterocycles. The highest BCUT2D eigenvalue weighted by atomic mass is 19.4. The Morgan fingerprint density at radius 2 is 1.35 bits per heavy atom. The highest BCUT2D eigenvalue weighted by Crippen LogP contribution is 2.42. The van der Waals surface area contributed by atoms with E-state index in [2.05, 4.69) is 6.92 Å². The number of hydrogen-bond donors (Lipinski definition) is 0. The van der Waals surface area contributed by atoms with Gasteiger partial charge in [-0.1, -0.05) is 32.6 Å². The van der Waals surface area contributed by atoms with E-state index in [1.807, 2.05) is 0 Å². The molecule has 0 unspecified atom stereocenters. The van der Waals surface area contributed by atoms with Gasteiger partial charge in [0, 0.05) is 6.61 Å². The van der Waals surface area contributed by atoms with Gasteiger partial charge in [0.25, 0.3) is 0 Å². The summed E-state index contributed by atoms with van der Waals surface area (Å²) in [5, 5.41) is 0. The van der Waals surface area contributed by atoms with Crippen molar-refractivity contribution in [2.24, 2.45) is 23.7 Å². The van der Waals surface area contributed by atoms with Gasteiger partial charge in [0.2, 0.25) is 0 Å². The molecule has 6 heteroatoms. The van der Waals surface area contributed by atoms with Crippen molar-refractivity contribution < 1.29 is 26.7 Å².